The van der Waals surface area contributed by atoms with Crippen molar-refractivity contribution in [2.45, 2.75) is 6.04 Å². The first-order chi connectivity index (χ1) is 6.68. The molecule has 2 rings (SSSR count). The van der Waals surface area contributed by atoms with Crippen LogP contribution in [-0.4, -0.2) is 9.78 Å². The maximum atomic E-state index is 6.03. The Morgan fingerprint density at radius 1 is 1.64 bits per heavy atom. The highest BCUT2D eigenvalue weighted by Gasteiger charge is 2.15. The van der Waals surface area contributed by atoms with Crippen molar-refractivity contribution in [3.63, 3.8) is 0 Å². The van der Waals surface area contributed by atoms with E-state index >= 15 is 0 Å². The van der Waals surface area contributed by atoms with E-state index in [0.717, 1.165) is 11.1 Å². The molecule has 0 saturated heterocycles. The van der Waals surface area contributed by atoms with Crippen molar-refractivity contribution in [2.24, 2.45) is 12.8 Å². The van der Waals surface area contributed by atoms with E-state index in [-0.39, 0.29) is 6.04 Å². The third-order valence-corrected chi connectivity index (χ3v) is 2.71. The average molecular weight is 256 g/mol. The molecule has 0 aliphatic rings. The number of nitrogens with zero attached hydrogens (tertiary/aromatic N) is 2. The number of hydrogen-bond donors (Lipinski definition) is 1. The molecule has 0 spiro atoms. The number of aromatic nitrogens is 2. The molecule has 0 radical (unpaired) electrons. The zero-order chi connectivity index (χ0) is 10.1. The average Bonchev–Trinajstić information content (AvgIpc) is 2.73. The number of furan rings is 1. The summed E-state index contributed by atoms with van der Waals surface area (Å²) >= 11 is 3.30. The van der Waals surface area contributed by atoms with E-state index in [1.807, 2.05) is 19.3 Å². The zero-order valence-electron chi connectivity index (χ0n) is 7.64. The van der Waals surface area contributed by atoms with Gasteiger partial charge < -0.3 is 10.2 Å². The first-order valence-electron chi connectivity index (χ1n) is 4.15. The summed E-state index contributed by atoms with van der Waals surface area (Å²) in [5, 5.41) is 4.07. The smallest absolute Gasteiger partial charge is 0.174 e. The summed E-state index contributed by atoms with van der Waals surface area (Å²) < 4.78 is 7.52. The van der Waals surface area contributed by atoms with Gasteiger partial charge in [0.15, 0.2) is 4.67 Å². The predicted octanol–water partition coefficient (Wildman–Crippen LogP) is 1.82. The molecule has 0 aliphatic heterocycles. The fourth-order valence-electron chi connectivity index (χ4n) is 1.31. The van der Waals surface area contributed by atoms with Gasteiger partial charge in [-0.15, -0.1) is 0 Å². The van der Waals surface area contributed by atoms with Crippen molar-refractivity contribution in [3.8, 4) is 0 Å². The van der Waals surface area contributed by atoms with Gasteiger partial charge in [-0.2, -0.15) is 5.10 Å². The van der Waals surface area contributed by atoms with Crippen LogP contribution >= 0.6 is 15.9 Å². The van der Waals surface area contributed by atoms with Crippen LogP contribution in [0.25, 0.3) is 0 Å². The first-order valence-corrected chi connectivity index (χ1v) is 4.95. The van der Waals surface area contributed by atoms with Crippen LogP contribution in [0.4, 0.5) is 0 Å². The first kappa shape index (κ1) is 9.48. The van der Waals surface area contributed by atoms with Crippen molar-refractivity contribution >= 4 is 15.9 Å². The van der Waals surface area contributed by atoms with Gasteiger partial charge in [-0.25, -0.2) is 0 Å². The molecule has 2 aromatic heterocycles. The van der Waals surface area contributed by atoms with E-state index in [4.69, 9.17) is 10.2 Å². The summed E-state index contributed by atoms with van der Waals surface area (Å²) in [6.45, 7) is 0. The van der Waals surface area contributed by atoms with Gasteiger partial charge >= 0.3 is 0 Å². The molecule has 2 heterocycles. The van der Waals surface area contributed by atoms with Gasteiger partial charge in [0.2, 0.25) is 0 Å². The molecule has 0 bridgehead atoms. The lowest BCUT2D eigenvalue weighted by Gasteiger charge is -2.06. The number of nitrogens with two attached hydrogens (primary N) is 1. The molecule has 2 aromatic rings. The summed E-state index contributed by atoms with van der Waals surface area (Å²) in [6, 6.07) is 1.65. The lowest BCUT2D eigenvalue weighted by atomic mass is 10.1. The third-order valence-electron chi connectivity index (χ3n) is 2.07. The standard InChI is InChI=1S/C9H10BrN3O/c1-13-5-6(4-12-13)8(11)7-2-3-14-9(7)10/h2-5,8H,11H2,1H3. The second-order valence-electron chi connectivity index (χ2n) is 3.07. The number of halogens is 1. The van der Waals surface area contributed by atoms with Gasteiger partial charge in [-0.1, -0.05) is 0 Å². The van der Waals surface area contributed by atoms with Crippen molar-refractivity contribution in [1.29, 1.82) is 0 Å². The van der Waals surface area contributed by atoms with E-state index in [1.54, 1.807) is 17.1 Å². The Kier molecular flexibility index (Phi) is 2.43. The van der Waals surface area contributed by atoms with Gasteiger partial charge in [-0.05, 0) is 22.0 Å². The van der Waals surface area contributed by atoms with E-state index in [2.05, 4.69) is 21.0 Å². The van der Waals surface area contributed by atoms with Gasteiger partial charge in [0.05, 0.1) is 18.5 Å². The topological polar surface area (TPSA) is 57.0 Å². The van der Waals surface area contributed by atoms with Crippen LogP contribution in [0.5, 0.6) is 0 Å². The number of aryl methyl sites for hydroxylation is 1. The second-order valence-corrected chi connectivity index (χ2v) is 3.79. The quantitative estimate of drug-likeness (QED) is 0.891. The molecule has 5 heteroatoms. The van der Waals surface area contributed by atoms with Crippen molar-refractivity contribution in [1.82, 2.24) is 9.78 Å². The van der Waals surface area contributed by atoms with Gasteiger partial charge in [0, 0.05) is 24.4 Å². The molecule has 74 valence electrons. The second kappa shape index (κ2) is 3.59. The third kappa shape index (κ3) is 1.60. The molecule has 0 amide bonds. The van der Waals surface area contributed by atoms with Crippen LogP contribution in [-0.2, 0) is 7.05 Å². The molecule has 2 N–H and O–H groups in total. The number of rotatable bonds is 2. The zero-order valence-corrected chi connectivity index (χ0v) is 9.23. The minimum atomic E-state index is -0.197. The maximum absolute atomic E-state index is 6.03. The van der Waals surface area contributed by atoms with Crippen LogP contribution in [0.15, 0.2) is 33.8 Å². The van der Waals surface area contributed by atoms with Crippen LogP contribution in [0.3, 0.4) is 0 Å². The van der Waals surface area contributed by atoms with Crippen molar-refractivity contribution < 1.29 is 4.42 Å². The van der Waals surface area contributed by atoms with E-state index in [0.29, 0.717) is 4.67 Å². The lowest BCUT2D eigenvalue weighted by molar-refractivity contribution is 0.534. The summed E-state index contributed by atoms with van der Waals surface area (Å²) in [6.07, 6.45) is 5.25. The van der Waals surface area contributed by atoms with Crippen LogP contribution < -0.4 is 5.73 Å². The SMILES string of the molecule is Cn1cc(C(N)c2ccoc2Br)cn1. The Balaban J connectivity index is 2.33. The lowest BCUT2D eigenvalue weighted by Crippen LogP contribution is -2.10. The molecule has 0 saturated carbocycles. The maximum Gasteiger partial charge on any atom is 0.174 e. The Hall–Kier alpha value is -1.07. The molecule has 1 unspecified atom stereocenters. The molecule has 0 fully saturated rings. The van der Waals surface area contributed by atoms with Gasteiger partial charge in [-0.3, -0.25) is 4.68 Å². The Bertz CT molecular complexity index is 435. The summed E-state index contributed by atoms with van der Waals surface area (Å²) in [7, 11) is 1.86. The molecule has 0 aromatic carbocycles. The highest BCUT2D eigenvalue weighted by Crippen LogP contribution is 2.27. The van der Waals surface area contributed by atoms with E-state index in [1.165, 1.54) is 0 Å². The summed E-state index contributed by atoms with van der Waals surface area (Å²) in [5.74, 6) is 0. The molecule has 4 nitrogen and oxygen atoms in total. The Morgan fingerprint density at radius 3 is 2.93 bits per heavy atom. The molecular weight excluding hydrogens is 246 g/mol. The van der Waals surface area contributed by atoms with Gasteiger partial charge in [0.25, 0.3) is 0 Å². The van der Waals surface area contributed by atoms with Crippen molar-refractivity contribution in [3.05, 3.63) is 40.5 Å². The fraction of sp³-hybridized carbons (Fsp3) is 0.222. The molecule has 1 atom stereocenters. The van der Waals surface area contributed by atoms with Crippen LogP contribution in [0.2, 0.25) is 0 Å². The van der Waals surface area contributed by atoms with Crippen LogP contribution in [0.1, 0.15) is 17.2 Å². The Morgan fingerprint density at radius 2 is 2.43 bits per heavy atom. The number of hydrogen-bond acceptors (Lipinski definition) is 3. The van der Waals surface area contributed by atoms with Crippen LogP contribution in [0, 0.1) is 0 Å². The summed E-state index contributed by atoms with van der Waals surface area (Å²) in [4.78, 5) is 0. The normalized spacial score (nSPS) is 13.1. The Labute approximate surface area is 89.8 Å². The fourth-order valence-corrected chi connectivity index (χ4v) is 1.79. The van der Waals surface area contributed by atoms with Crippen molar-refractivity contribution in [2.75, 3.05) is 0 Å². The highest BCUT2D eigenvalue weighted by molar-refractivity contribution is 9.10. The monoisotopic (exact) mass is 255 g/mol. The molecule has 14 heavy (non-hydrogen) atoms. The highest BCUT2D eigenvalue weighted by atomic mass is 79.9. The predicted molar refractivity (Wildman–Crippen MR) is 55.6 cm³/mol. The minimum Gasteiger partial charge on any atom is -0.457 e. The molecular formula is C9H10BrN3O. The van der Waals surface area contributed by atoms with E-state index in [9.17, 15) is 0 Å². The molecule has 0 aliphatic carbocycles. The minimum absolute atomic E-state index is 0.197. The largest absolute Gasteiger partial charge is 0.457 e. The van der Waals surface area contributed by atoms with Gasteiger partial charge in [0.1, 0.15) is 0 Å². The summed E-state index contributed by atoms with van der Waals surface area (Å²) in [5.41, 5.74) is 7.93. The van der Waals surface area contributed by atoms with E-state index < -0.39 is 0 Å².